The van der Waals surface area contributed by atoms with Crippen molar-refractivity contribution in [2.75, 3.05) is 0 Å². The second kappa shape index (κ2) is 6.75. The fraction of sp³-hybridized carbons (Fsp3) is 0.250. The van der Waals surface area contributed by atoms with Crippen LogP contribution in [0.1, 0.15) is 29.7 Å². The minimum atomic E-state index is -0.0485. The molecule has 2 rings (SSSR count). The molecule has 3 N–H and O–H groups in total. The Labute approximate surface area is 123 Å². The van der Waals surface area contributed by atoms with Crippen LogP contribution in [0.4, 0.5) is 0 Å². The SMILES string of the molecule is C[C@@H](N)c1ccc(OCc2ccc(CO)cc2)c(Cl)c1. The topological polar surface area (TPSA) is 55.5 Å². The second-order valence-corrected chi connectivity index (χ2v) is 5.15. The zero-order valence-electron chi connectivity index (χ0n) is 11.3. The van der Waals surface area contributed by atoms with E-state index in [1.54, 1.807) is 0 Å². The van der Waals surface area contributed by atoms with E-state index in [1.807, 2.05) is 49.4 Å². The number of hydrogen-bond donors (Lipinski definition) is 2. The second-order valence-electron chi connectivity index (χ2n) is 4.74. The monoisotopic (exact) mass is 291 g/mol. The Morgan fingerprint density at radius 2 is 1.80 bits per heavy atom. The van der Waals surface area contributed by atoms with Crippen LogP contribution in [0.25, 0.3) is 0 Å². The molecule has 3 nitrogen and oxygen atoms in total. The van der Waals surface area contributed by atoms with E-state index in [2.05, 4.69) is 0 Å². The van der Waals surface area contributed by atoms with Crippen LogP contribution >= 0.6 is 11.6 Å². The van der Waals surface area contributed by atoms with Gasteiger partial charge in [0.05, 0.1) is 11.6 Å². The van der Waals surface area contributed by atoms with Gasteiger partial charge in [0, 0.05) is 6.04 Å². The average Bonchev–Trinajstić information content (AvgIpc) is 2.46. The van der Waals surface area contributed by atoms with Crippen molar-refractivity contribution in [3.63, 3.8) is 0 Å². The van der Waals surface area contributed by atoms with E-state index in [0.29, 0.717) is 17.4 Å². The van der Waals surface area contributed by atoms with Crippen LogP contribution in [-0.2, 0) is 13.2 Å². The van der Waals surface area contributed by atoms with Crippen molar-refractivity contribution in [1.29, 1.82) is 0 Å². The van der Waals surface area contributed by atoms with Crippen LogP contribution in [0.5, 0.6) is 5.75 Å². The van der Waals surface area contributed by atoms with Gasteiger partial charge >= 0.3 is 0 Å². The molecule has 0 aliphatic heterocycles. The first-order valence-corrected chi connectivity index (χ1v) is 6.84. The minimum absolute atomic E-state index is 0.0473. The quantitative estimate of drug-likeness (QED) is 0.887. The summed E-state index contributed by atoms with van der Waals surface area (Å²) < 4.78 is 5.70. The van der Waals surface area contributed by atoms with Crippen molar-refractivity contribution in [2.24, 2.45) is 5.73 Å². The number of aliphatic hydroxyl groups is 1. The van der Waals surface area contributed by atoms with Gasteiger partial charge in [-0.3, -0.25) is 0 Å². The number of nitrogens with two attached hydrogens (primary N) is 1. The van der Waals surface area contributed by atoms with Gasteiger partial charge in [-0.25, -0.2) is 0 Å². The minimum Gasteiger partial charge on any atom is -0.487 e. The van der Waals surface area contributed by atoms with Crippen LogP contribution in [0, 0.1) is 0 Å². The molecule has 0 aliphatic rings. The lowest BCUT2D eigenvalue weighted by Crippen LogP contribution is -2.05. The predicted molar refractivity (Wildman–Crippen MR) is 80.8 cm³/mol. The van der Waals surface area contributed by atoms with Crippen molar-refractivity contribution >= 4 is 11.6 Å². The number of aliphatic hydroxyl groups excluding tert-OH is 1. The van der Waals surface area contributed by atoms with E-state index in [-0.39, 0.29) is 12.6 Å². The number of halogens is 1. The molecule has 1 atom stereocenters. The number of hydrogen-bond acceptors (Lipinski definition) is 3. The molecule has 0 spiro atoms. The maximum Gasteiger partial charge on any atom is 0.138 e. The van der Waals surface area contributed by atoms with Gasteiger partial charge in [0.1, 0.15) is 12.4 Å². The maximum atomic E-state index is 8.98. The molecule has 4 heteroatoms. The number of ether oxygens (including phenoxy) is 1. The summed E-state index contributed by atoms with van der Waals surface area (Å²) in [6, 6.07) is 13.1. The lowest BCUT2D eigenvalue weighted by Gasteiger charge is -2.11. The fourth-order valence-electron chi connectivity index (χ4n) is 1.82. The van der Waals surface area contributed by atoms with Crippen molar-refractivity contribution in [2.45, 2.75) is 26.2 Å². The van der Waals surface area contributed by atoms with Crippen molar-refractivity contribution < 1.29 is 9.84 Å². The molecule has 2 aromatic rings. The molecule has 0 unspecified atom stereocenters. The van der Waals surface area contributed by atoms with Crippen molar-refractivity contribution in [1.82, 2.24) is 0 Å². The molecular weight excluding hydrogens is 274 g/mol. The third kappa shape index (κ3) is 3.73. The van der Waals surface area contributed by atoms with E-state index in [4.69, 9.17) is 27.2 Å². The first kappa shape index (κ1) is 14.9. The van der Waals surface area contributed by atoms with E-state index in [0.717, 1.165) is 16.7 Å². The Kier molecular flexibility index (Phi) is 5.01. The summed E-state index contributed by atoms with van der Waals surface area (Å²) in [6.07, 6.45) is 0. The summed E-state index contributed by atoms with van der Waals surface area (Å²) in [4.78, 5) is 0. The summed E-state index contributed by atoms with van der Waals surface area (Å²) in [6.45, 7) is 2.39. The Bertz CT molecular complexity index is 567. The zero-order chi connectivity index (χ0) is 14.5. The Morgan fingerprint density at radius 3 is 2.35 bits per heavy atom. The first-order valence-electron chi connectivity index (χ1n) is 6.46. The van der Waals surface area contributed by atoms with Crippen LogP contribution < -0.4 is 10.5 Å². The van der Waals surface area contributed by atoms with E-state index < -0.39 is 0 Å². The number of rotatable bonds is 5. The molecule has 0 heterocycles. The predicted octanol–water partition coefficient (Wildman–Crippen LogP) is 3.43. The molecule has 0 radical (unpaired) electrons. The van der Waals surface area contributed by atoms with Gasteiger partial charge < -0.3 is 15.6 Å². The standard InChI is InChI=1S/C16H18ClNO2/c1-11(18)14-6-7-16(15(17)8-14)20-10-13-4-2-12(9-19)3-5-13/h2-8,11,19H,9-10,18H2,1H3/t11-/m1/s1. The molecule has 0 saturated carbocycles. The molecule has 2 aromatic carbocycles. The molecule has 20 heavy (non-hydrogen) atoms. The fourth-order valence-corrected chi connectivity index (χ4v) is 2.06. The summed E-state index contributed by atoms with van der Waals surface area (Å²) >= 11 is 6.17. The van der Waals surface area contributed by atoms with E-state index in [1.165, 1.54) is 0 Å². The highest BCUT2D eigenvalue weighted by atomic mass is 35.5. The largest absolute Gasteiger partial charge is 0.487 e. The highest BCUT2D eigenvalue weighted by Gasteiger charge is 2.06. The summed E-state index contributed by atoms with van der Waals surface area (Å²) in [5, 5.41) is 9.55. The van der Waals surface area contributed by atoms with Crippen LogP contribution in [-0.4, -0.2) is 5.11 Å². The molecule has 0 aliphatic carbocycles. The lowest BCUT2D eigenvalue weighted by molar-refractivity contribution is 0.281. The van der Waals surface area contributed by atoms with Crippen molar-refractivity contribution in [3.8, 4) is 5.75 Å². The molecule has 0 aromatic heterocycles. The van der Waals surface area contributed by atoms with Crippen LogP contribution in [0.2, 0.25) is 5.02 Å². The molecule has 0 bridgehead atoms. The van der Waals surface area contributed by atoms with Gasteiger partial charge in [0.25, 0.3) is 0 Å². The third-order valence-corrected chi connectivity index (χ3v) is 3.38. The molecular formula is C16H18ClNO2. The van der Waals surface area contributed by atoms with Crippen LogP contribution in [0.3, 0.4) is 0 Å². The third-order valence-electron chi connectivity index (χ3n) is 3.08. The van der Waals surface area contributed by atoms with Gasteiger partial charge in [-0.2, -0.15) is 0 Å². The van der Waals surface area contributed by atoms with Gasteiger partial charge in [0.15, 0.2) is 0 Å². The average molecular weight is 292 g/mol. The molecule has 0 amide bonds. The highest BCUT2D eigenvalue weighted by molar-refractivity contribution is 6.32. The maximum absolute atomic E-state index is 8.98. The van der Waals surface area contributed by atoms with Crippen molar-refractivity contribution in [3.05, 3.63) is 64.2 Å². The summed E-state index contributed by atoms with van der Waals surface area (Å²) in [7, 11) is 0. The first-order chi connectivity index (χ1) is 9.60. The van der Waals surface area contributed by atoms with Crippen LogP contribution in [0.15, 0.2) is 42.5 Å². The summed E-state index contributed by atoms with van der Waals surface area (Å²) in [5.41, 5.74) is 8.69. The van der Waals surface area contributed by atoms with Gasteiger partial charge in [-0.15, -0.1) is 0 Å². The van der Waals surface area contributed by atoms with Gasteiger partial charge in [0.2, 0.25) is 0 Å². The Hall–Kier alpha value is -1.55. The Balaban J connectivity index is 2.03. The van der Waals surface area contributed by atoms with Gasteiger partial charge in [-0.05, 0) is 35.7 Å². The normalized spacial score (nSPS) is 12.2. The zero-order valence-corrected chi connectivity index (χ0v) is 12.1. The highest BCUT2D eigenvalue weighted by Crippen LogP contribution is 2.28. The molecule has 106 valence electrons. The smallest absolute Gasteiger partial charge is 0.138 e. The van der Waals surface area contributed by atoms with E-state index in [9.17, 15) is 0 Å². The molecule has 0 fully saturated rings. The van der Waals surface area contributed by atoms with Gasteiger partial charge in [-0.1, -0.05) is 41.9 Å². The number of benzene rings is 2. The lowest BCUT2D eigenvalue weighted by atomic mass is 10.1. The Morgan fingerprint density at radius 1 is 1.15 bits per heavy atom. The van der Waals surface area contributed by atoms with E-state index >= 15 is 0 Å². The summed E-state index contributed by atoms with van der Waals surface area (Å²) in [5.74, 6) is 0.641. The molecule has 0 saturated heterocycles.